The Morgan fingerprint density at radius 3 is 2.67 bits per heavy atom. The molecule has 2 heterocycles. The molecule has 0 unspecified atom stereocenters. The van der Waals surface area contributed by atoms with E-state index in [2.05, 4.69) is 20.3 Å². The summed E-state index contributed by atoms with van der Waals surface area (Å²) in [5, 5.41) is 2.86. The first-order valence-electron chi connectivity index (χ1n) is 4.70. The van der Waals surface area contributed by atoms with Crippen molar-refractivity contribution in [2.45, 2.75) is 16.4 Å². The summed E-state index contributed by atoms with van der Waals surface area (Å²) in [5.41, 5.74) is 0. The summed E-state index contributed by atoms with van der Waals surface area (Å²) in [4.78, 5) is 10.5. The molecule has 0 atom stereocenters. The van der Waals surface area contributed by atoms with Gasteiger partial charge in [-0.1, -0.05) is 0 Å². The van der Waals surface area contributed by atoms with Crippen molar-refractivity contribution in [1.82, 2.24) is 15.0 Å². The van der Waals surface area contributed by atoms with Gasteiger partial charge in [-0.05, 0) is 11.8 Å². The second kappa shape index (κ2) is 4.84. The highest BCUT2D eigenvalue weighted by Crippen LogP contribution is 2.31. The van der Waals surface area contributed by atoms with Gasteiger partial charge in [-0.3, -0.25) is 0 Å². The van der Waals surface area contributed by atoms with Crippen molar-refractivity contribution in [3.63, 3.8) is 0 Å². The van der Waals surface area contributed by atoms with Gasteiger partial charge in [0.2, 0.25) is 5.82 Å². The van der Waals surface area contributed by atoms with Crippen molar-refractivity contribution in [2.75, 3.05) is 12.4 Å². The van der Waals surface area contributed by atoms with Crippen LogP contribution < -0.4 is 5.32 Å². The molecule has 5 nitrogen and oxygen atoms in total. The maximum absolute atomic E-state index is 12.6. The highest BCUT2D eigenvalue weighted by atomic mass is 32.2. The average Bonchev–Trinajstić information content (AvgIpc) is 2.80. The molecule has 0 radical (unpaired) electrons. The lowest BCUT2D eigenvalue weighted by molar-refractivity contribution is -0.145. The number of alkyl halides is 3. The van der Waals surface area contributed by atoms with E-state index in [4.69, 9.17) is 4.42 Å². The second-order valence-corrected chi connectivity index (χ2v) is 4.03. The van der Waals surface area contributed by atoms with E-state index in [0.717, 1.165) is 11.8 Å². The maximum atomic E-state index is 12.6. The van der Waals surface area contributed by atoms with Gasteiger partial charge in [0.05, 0.1) is 6.20 Å². The van der Waals surface area contributed by atoms with Crippen LogP contribution in [0.3, 0.4) is 0 Å². The van der Waals surface area contributed by atoms with Gasteiger partial charge >= 0.3 is 6.18 Å². The van der Waals surface area contributed by atoms with Crippen molar-refractivity contribution < 1.29 is 17.6 Å². The lowest BCUT2D eigenvalue weighted by Gasteiger charge is -2.08. The smallest absolute Gasteiger partial charge is 0.440 e. The van der Waals surface area contributed by atoms with Crippen molar-refractivity contribution >= 4 is 17.6 Å². The van der Waals surface area contributed by atoms with Gasteiger partial charge in [-0.25, -0.2) is 15.0 Å². The molecular formula is C9H7F3N4OS. The fourth-order valence-corrected chi connectivity index (χ4v) is 1.78. The van der Waals surface area contributed by atoms with Crippen molar-refractivity contribution in [3.8, 4) is 0 Å². The van der Waals surface area contributed by atoms with Gasteiger partial charge in [0.15, 0.2) is 0 Å². The van der Waals surface area contributed by atoms with Crippen LogP contribution in [0.15, 0.2) is 33.2 Å². The Morgan fingerprint density at radius 2 is 2.11 bits per heavy atom. The SMILES string of the molecule is CNc1cc(Sc2ncco2)nc(C(F)(F)F)n1. The Kier molecular flexibility index (Phi) is 3.41. The molecule has 96 valence electrons. The fraction of sp³-hybridized carbons (Fsp3) is 0.222. The number of aromatic nitrogens is 3. The summed E-state index contributed by atoms with van der Waals surface area (Å²) in [6.45, 7) is 0. The molecule has 2 aromatic rings. The molecule has 0 spiro atoms. The molecule has 0 aromatic carbocycles. The standard InChI is InChI=1S/C9H7F3N4OS/c1-13-5-4-6(18-8-14-2-3-17-8)16-7(15-5)9(10,11)12/h2-4H,1H3,(H,13,15,16). The lowest BCUT2D eigenvalue weighted by atomic mass is 10.5. The molecule has 0 aliphatic carbocycles. The van der Waals surface area contributed by atoms with Crippen LogP contribution in [0.25, 0.3) is 0 Å². The molecule has 9 heteroatoms. The van der Waals surface area contributed by atoms with Gasteiger partial charge in [0.1, 0.15) is 17.1 Å². The maximum Gasteiger partial charge on any atom is 0.451 e. The number of hydrogen-bond donors (Lipinski definition) is 1. The van der Waals surface area contributed by atoms with Crippen LogP contribution in [0.2, 0.25) is 0 Å². The number of nitrogens with one attached hydrogen (secondary N) is 1. The molecule has 0 saturated carbocycles. The molecule has 0 fully saturated rings. The lowest BCUT2D eigenvalue weighted by Crippen LogP contribution is -2.12. The number of oxazole rings is 1. The number of halogens is 3. The summed E-state index contributed by atoms with van der Waals surface area (Å²) in [5.74, 6) is -1.13. The monoisotopic (exact) mass is 276 g/mol. The Balaban J connectivity index is 2.35. The van der Waals surface area contributed by atoms with Crippen LogP contribution >= 0.6 is 11.8 Å². The Hall–Kier alpha value is -1.77. The fourth-order valence-electron chi connectivity index (χ4n) is 1.08. The van der Waals surface area contributed by atoms with Crippen molar-refractivity contribution in [2.24, 2.45) is 0 Å². The molecule has 0 saturated heterocycles. The first-order valence-corrected chi connectivity index (χ1v) is 5.52. The molecule has 0 amide bonds. The highest BCUT2D eigenvalue weighted by molar-refractivity contribution is 7.99. The van der Waals surface area contributed by atoms with Crippen molar-refractivity contribution in [3.05, 3.63) is 24.4 Å². The van der Waals surface area contributed by atoms with Crippen LogP contribution in [0.4, 0.5) is 19.0 Å². The molecule has 0 aliphatic heterocycles. The number of anilines is 1. The predicted octanol–water partition coefficient (Wildman–Crippen LogP) is 2.68. The average molecular weight is 276 g/mol. The number of nitrogens with zero attached hydrogens (tertiary/aromatic N) is 3. The largest absolute Gasteiger partial charge is 0.451 e. The summed E-state index contributed by atoms with van der Waals surface area (Å²) < 4.78 is 42.6. The topological polar surface area (TPSA) is 63.8 Å². The summed E-state index contributed by atoms with van der Waals surface area (Å²) in [6.07, 6.45) is -1.88. The summed E-state index contributed by atoms with van der Waals surface area (Å²) >= 11 is 0.885. The Morgan fingerprint density at radius 1 is 1.33 bits per heavy atom. The molecule has 1 N–H and O–H groups in total. The van der Waals surface area contributed by atoms with E-state index < -0.39 is 12.0 Å². The second-order valence-electron chi connectivity index (χ2n) is 3.06. The highest BCUT2D eigenvalue weighted by Gasteiger charge is 2.35. The molecule has 2 rings (SSSR count). The molecule has 0 aliphatic rings. The summed E-state index contributed by atoms with van der Waals surface area (Å²) in [6, 6.07) is 1.38. The zero-order valence-corrected chi connectivity index (χ0v) is 9.84. The zero-order valence-electron chi connectivity index (χ0n) is 9.02. The van der Waals surface area contributed by atoms with Crippen LogP contribution in [0, 0.1) is 0 Å². The van der Waals surface area contributed by atoms with Crippen LogP contribution in [-0.4, -0.2) is 22.0 Å². The van der Waals surface area contributed by atoms with Crippen molar-refractivity contribution in [1.29, 1.82) is 0 Å². The quantitative estimate of drug-likeness (QED) is 0.869. The molecule has 2 aromatic heterocycles. The van der Waals surface area contributed by atoms with E-state index in [1.165, 1.54) is 25.6 Å². The van der Waals surface area contributed by atoms with Gasteiger partial charge < -0.3 is 9.73 Å². The van der Waals surface area contributed by atoms with E-state index in [1.807, 2.05) is 0 Å². The Labute approximate surface area is 104 Å². The van der Waals surface area contributed by atoms with Crippen LogP contribution in [0.1, 0.15) is 5.82 Å². The first-order chi connectivity index (χ1) is 8.49. The first kappa shape index (κ1) is 12.7. The normalized spacial score (nSPS) is 11.6. The van der Waals surface area contributed by atoms with Gasteiger partial charge in [0.25, 0.3) is 5.22 Å². The van der Waals surface area contributed by atoms with Crippen LogP contribution in [-0.2, 0) is 6.18 Å². The van der Waals surface area contributed by atoms with E-state index >= 15 is 0 Å². The minimum atomic E-state index is -4.60. The van der Waals surface area contributed by atoms with E-state index in [9.17, 15) is 13.2 Å². The molecular weight excluding hydrogens is 269 g/mol. The third-order valence-electron chi connectivity index (χ3n) is 1.81. The number of hydrogen-bond acceptors (Lipinski definition) is 6. The molecule has 0 bridgehead atoms. The third-order valence-corrected chi connectivity index (χ3v) is 2.61. The predicted molar refractivity (Wildman–Crippen MR) is 57.2 cm³/mol. The molecule has 18 heavy (non-hydrogen) atoms. The van der Waals surface area contributed by atoms with Crippen LogP contribution in [0.5, 0.6) is 0 Å². The van der Waals surface area contributed by atoms with E-state index in [-0.39, 0.29) is 16.1 Å². The van der Waals surface area contributed by atoms with Gasteiger partial charge in [0, 0.05) is 13.1 Å². The van der Waals surface area contributed by atoms with E-state index in [0.29, 0.717) is 0 Å². The third kappa shape index (κ3) is 2.92. The minimum absolute atomic E-state index is 0.0754. The minimum Gasteiger partial charge on any atom is -0.440 e. The zero-order chi connectivity index (χ0) is 13.2. The Bertz CT molecular complexity index is 529. The van der Waals surface area contributed by atoms with Gasteiger partial charge in [-0.15, -0.1) is 0 Å². The van der Waals surface area contributed by atoms with Gasteiger partial charge in [-0.2, -0.15) is 13.2 Å². The van der Waals surface area contributed by atoms with E-state index in [1.54, 1.807) is 0 Å². The number of rotatable bonds is 3. The summed E-state index contributed by atoms with van der Waals surface area (Å²) in [7, 11) is 1.47.